The van der Waals surface area contributed by atoms with Crippen molar-refractivity contribution in [3.8, 4) is 0 Å². The lowest BCUT2D eigenvalue weighted by atomic mass is 10.1. The van der Waals surface area contributed by atoms with Crippen LogP contribution in [0.25, 0.3) is 0 Å². The van der Waals surface area contributed by atoms with Gasteiger partial charge < -0.3 is 5.32 Å². The topological polar surface area (TPSA) is 12.0 Å². The van der Waals surface area contributed by atoms with Crippen LogP contribution in [0.1, 0.15) is 12.0 Å². The second-order valence-electron chi connectivity index (χ2n) is 3.29. The number of benzene rings is 1. The molecule has 0 fully saturated rings. The van der Waals surface area contributed by atoms with Crippen LogP contribution in [-0.2, 0) is 6.42 Å². The van der Waals surface area contributed by atoms with Crippen LogP contribution in [0.4, 0.5) is 10.1 Å². The molecule has 3 heteroatoms. The second-order valence-corrected chi connectivity index (χ2v) is 4.15. The van der Waals surface area contributed by atoms with Gasteiger partial charge in [-0.15, -0.1) is 0 Å². The maximum Gasteiger partial charge on any atom is 0.106 e. The van der Waals surface area contributed by atoms with Crippen LogP contribution < -0.4 is 5.32 Å². The monoisotopic (exact) mass is 243 g/mol. The lowest BCUT2D eigenvalue weighted by molar-refractivity contribution is 0.323. The van der Waals surface area contributed by atoms with Gasteiger partial charge in [0.25, 0.3) is 0 Å². The van der Waals surface area contributed by atoms with E-state index in [0.29, 0.717) is 12.8 Å². The number of para-hydroxylation sites is 1. The summed E-state index contributed by atoms with van der Waals surface area (Å²) >= 11 is 3.45. The van der Waals surface area contributed by atoms with Gasteiger partial charge in [-0.2, -0.15) is 0 Å². The maximum absolute atomic E-state index is 13.2. The molecule has 13 heavy (non-hydrogen) atoms. The zero-order chi connectivity index (χ0) is 9.26. The fourth-order valence-electron chi connectivity index (χ4n) is 1.63. The van der Waals surface area contributed by atoms with Crippen LogP contribution in [0.3, 0.4) is 0 Å². The molecule has 0 bridgehead atoms. The Balaban J connectivity index is 2.39. The second kappa shape index (κ2) is 3.66. The van der Waals surface area contributed by atoms with Crippen LogP contribution in [0.15, 0.2) is 22.7 Å². The number of alkyl halides is 1. The van der Waals surface area contributed by atoms with Gasteiger partial charge in [-0.05, 0) is 34.0 Å². The molecule has 1 heterocycles. The van der Waals surface area contributed by atoms with E-state index in [2.05, 4.69) is 21.2 Å². The Labute approximate surface area is 85.5 Å². The summed E-state index contributed by atoms with van der Waals surface area (Å²) in [5.74, 6) is 0. The highest BCUT2D eigenvalue weighted by Crippen LogP contribution is 2.30. The summed E-state index contributed by atoms with van der Waals surface area (Å²) in [6.07, 6.45) is 0.422. The first kappa shape index (κ1) is 9.00. The van der Waals surface area contributed by atoms with Crippen molar-refractivity contribution in [2.45, 2.75) is 19.0 Å². The van der Waals surface area contributed by atoms with Crippen LogP contribution in [0, 0.1) is 0 Å². The van der Waals surface area contributed by atoms with Crippen molar-refractivity contribution in [2.75, 3.05) is 11.9 Å². The van der Waals surface area contributed by atoms with E-state index >= 15 is 0 Å². The first-order valence-corrected chi connectivity index (χ1v) is 5.22. The molecule has 1 aliphatic rings. The zero-order valence-electron chi connectivity index (χ0n) is 7.19. The van der Waals surface area contributed by atoms with E-state index in [0.717, 1.165) is 22.3 Å². The number of hydrogen-bond donors (Lipinski definition) is 1. The molecule has 0 saturated heterocycles. The van der Waals surface area contributed by atoms with Crippen LogP contribution in [-0.4, -0.2) is 12.7 Å². The zero-order valence-corrected chi connectivity index (χ0v) is 8.77. The van der Waals surface area contributed by atoms with Crippen molar-refractivity contribution in [1.29, 1.82) is 0 Å². The van der Waals surface area contributed by atoms with Crippen LogP contribution >= 0.6 is 15.9 Å². The molecule has 0 spiro atoms. The fourth-order valence-corrected chi connectivity index (χ4v) is 2.18. The van der Waals surface area contributed by atoms with E-state index in [9.17, 15) is 4.39 Å². The molecule has 1 aliphatic heterocycles. The molecule has 1 atom stereocenters. The SMILES string of the molecule is FC1CCNc2c(Br)cccc2C1. The lowest BCUT2D eigenvalue weighted by Crippen LogP contribution is -2.05. The maximum atomic E-state index is 13.2. The molecule has 70 valence electrons. The highest BCUT2D eigenvalue weighted by molar-refractivity contribution is 9.10. The number of anilines is 1. The molecule has 0 amide bonds. The Bertz CT molecular complexity index is 314. The van der Waals surface area contributed by atoms with Crippen molar-refractivity contribution in [1.82, 2.24) is 0 Å². The molecule has 0 aliphatic carbocycles. The predicted molar refractivity (Wildman–Crippen MR) is 55.8 cm³/mol. The molecule has 0 radical (unpaired) electrons. The summed E-state index contributed by atoms with van der Waals surface area (Å²) in [7, 11) is 0. The first-order valence-electron chi connectivity index (χ1n) is 4.42. The molecule has 1 unspecified atom stereocenters. The number of halogens is 2. The van der Waals surface area contributed by atoms with Gasteiger partial charge in [-0.1, -0.05) is 12.1 Å². The van der Waals surface area contributed by atoms with Crippen molar-refractivity contribution < 1.29 is 4.39 Å². The molecule has 0 aromatic heterocycles. The normalized spacial score (nSPS) is 21.5. The fraction of sp³-hybridized carbons (Fsp3) is 0.400. The average molecular weight is 244 g/mol. The van der Waals surface area contributed by atoms with Crippen molar-refractivity contribution in [2.24, 2.45) is 0 Å². The van der Waals surface area contributed by atoms with Crippen molar-refractivity contribution in [3.05, 3.63) is 28.2 Å². The summed E-state index contributed by atoms with van der Waals surface area (Å²) in [6, 6.07) is 5.90. The number of hydrogen-bond acceptors (Lipinski definition) is 1. The molecule has 1 aromatic rings. The molecule has 1 nitrogen and oxygen atoms in total. The van der Waals surface area contributed by atoms with Gasteiger partial charge in [0, 0.05) is 17.4 Å². The molecule has 1 N–H and O–H groups in total. The van der Waals surface area contributed by atoms with Gasteiger partial charge in [0.2, 0.25) is 0 Å². The Hall–Kier alpha value is -0.570. The van der Waals surface area contributed by atoms with Gasteiger partial charge in [-0.3, -0.25) is 0 Å². The van der Waals surface area contributed by atoms with E-state index in [1.807, 2.05) is 18.2 Å². The highest BCUT2D eigenvalue weighted by atomic mass is 79.9. The van der Waals surface area contributed by atoms with Gasteiger partial charge in [-0.25, -0.2) is 4.39 Å². The Morgan fingerprint density at radius 2 is 2.31 bits per heavy atom. The molecular weight excluding hydrogens is 233 g/mol. The lowest BCUT2D eigenvalue weighted by Gasteiger charge is -2.08. The third-order valence-corrected chi connectivity index (χ3v) is 2.96. The Morgan fingerprint density at radius 3 is 3.15 bits per heavy atom. The Kier molecular flexibility index (Phi) is 2.54. The van der Waals surface area contributed by atoms with E-state index in [4.69, 9.17) is 0 Å². The third-order valence-electron chi connectivity index (χ3n) is 2.30. The largest absolute Gasteiger partial charge is 0.384 e. The van der Waals surface area contributed by atoms with E-state index in [1.54, 1.807) is 0 Å². The highest BCUT2D eigenvalue weighted by Gasteiger charge is 2.16. The smallest absolute Gasteiger partial charge is 0.106 e. The molecule has 1 aromatic carbocycles. The Morgan fingerprint density at radius 1 is 1.46 bits per heavy atom. The van der Waals surface area contributed by atoms with Gasteiger partial charge in [0.05, 0.1) is 5.69 Å². The van der Waals surface area contributed by atoms with E-state index in [1.165, 1.54) is 0 Å². The van der Waals surface area contributed by atoms with Gasteiger partial charge in [0.15, 0.2) is 0 Å². The van der Waals surface area contributed by atoms with E-state index in [-0.39, 0.29) is 0 Å². The number of nitrogens with one attached hydrogen (secondary N) is 1. The van der Waals surface area contributed by atoms with Gasteiger partial charge in [0.1, 0.15) is 6.17 Å². The minimum absolute atomic E-state index is 0.530. The molecular formula is C10H11BrFN. The van der Waals surface area contributed by atoms with E-state index < -0.39 is 6.17 Å². The van der Waals surface area contributed by atoms with Gasteiger partial charge >= 0.3 is 0 Å². The number of fused-ring (bicyclic) bond motifs is 1. The summed E-state index contributed by atoms with van der Waals surface area (Å²) in [5.41, 5.74) is 2.13. The molecule has 2 rings (SSSR count). The minimum Gasteiger partial charge on any atom is -0.384 e. The van der Waals surface area contributed by atoms with Crippen LogP contribution in [0.2, 0.25) is 0 Å². The summed E-state index contributed by atoms with van der Waals surface area (Å²) in [4.78, 5) is 0. The third kappa shape index (κ3) is 1.85. The molecule has 0 saturated carbocycles. The number of rotatable bonds is 0. The first-order chi connectivity index (χ1) is 6.27. The van der Waals surface area contributed by atoms with Crippen molar-refractivity contribution >= 4 is 21.6 Å². The average Bonchev–Trinajstić information content (AvgIpc) is 2.27. The summed E-state index contributed by atoms with van der Waals surface area (Å²) in [5, 5.41) is 3.24. The summed E-state index contributed by atoms with van der Waals surface area (Å²) in [6.45, 7) is 0.719. The van der Waals surface area contributed by atoms with Crippen molar-refractivity contribution in [3.63, 3.8) is 0 Å². The summed E-state index contributed by atoms with van der Waals surface area (Å²) < 4.78 is 14.2. The quantitative estimate of drug-likeness (QED) is 0.739. The standard InChI is InChI=1S/C10H11BrFN/c11-9-3-1-2-7-6-8(12)4-5-13-10(7)9/h1-3,8,13H,4-6H2. The minimum atomic E-state index is -0.706. The van der Waals surface area contributed by atoms with Crippen LogP contribution in [0.5, 0.6) is 0 Å². The predicted octanol–water partition coefficient (Wildman–Crippen LogP) is 3.15.